The van der Waals surface area contributed by atoms with Crippen LogP contribution in [0.15, 0.2) is 34.9 Å². The third-order valence-electron chi connectivity index (χ3n) is 2.90. The Bertz CT molecular complexity index is 654. The first kappa shape index (κ1) is 15.8. The normalized spacial score (nSPS) is 11.0. The molecule has 1 aromatic carbocycles. The van der Waals surface area contributed by atoms with E-state index in [1.807, 2.05) is 20.8 Å². The van der Waals surface area contributed by atoms with Crippen LogP contribution in [0.4, 0.5) is 5.82 Å². The van der Waals surface area contributed by atoms with E-state index in [-0.39, 0.29) is 17.9 Å². The van der Waals surface area contributed by atoms with Crippen molar-refractivity contribution in [3.63, 3.8) is 0 Å². The lowest BCUT2D eigenvalue weighted by molar-refractivity contribution is -0.118. The molecule has 0 unspecified atom stereocenters. The van der Waals surface area contributed by atoms with Gasteiger partial charge in [0.15, 0.2) is 12.4 Å². The van der Waals surface area contributed by atoms with Gasteiger partial charge in [0.05, 0.1) is 0 Å². The van der Waals surface area contributed by atoms with Gasteiger partial charge in [0, 0.05) is 17.0 Å². The predicted octanol–water partition coefficient (Wildman–Crippen LogP) is 2.80. The van der Waals surface area contributed by atoms with Crippen LogP contribution in [-0.4, -0.2) is 24.0 Å². The molecule has 1 amide bonds. The fourth-order valence-electron chi connectivity index (χ4n) is 1.66. The molecule has 0 aliphatic heterocycles. The zero-order valence-electron chi connectivity index (χ0n) is 12.8. The van der Waals surface area contributed by atoms with Crippen LogP contribution in [0.2, 0.25) is 0 Å². The maximum absolute atomic E-state index is 11.8. The summed E-state index contributed by atoms with van der Waals surface area (Å²) in [5, 5.41) is 6.40. The van der Waals surface area contributed by atoms with Crippen LogP contribution in [0.1, 0.15) is 36.9 Å². The van der Waals surface area contributed by atoms with Gasteiger partial charge >= 0.3 is 0 Å². The van der Waals surface area contributed by atoms with Crippen LogP contribution in [0.25, 0.3) is 0 Å². The number of amides is 1. The van der Waals surface area contributed by atoms with Crippen molar-refractivity contribution >= 4 is 18.0 Å². The van der Waals surface area contributed by atoms with Crippen LogP contribution in [0.5, 0.6) is 5.75 Å². The molecule has 0 fully saturated rings. The minimum Gasteiger partial charge on any atom is -0.484 e. The van der Waals surface area contributed by atoms with Crippen molar-refractivity contribution in [2.75, 3.05) is 11.9 Å². The van der Waals surface area contributed by atoms with Gasteiger partial charge in [-0.2, -0.15) is 0 Å². The van der Waals surface area contributed by atoms with E-state index in [1.54, 1.807) is 30.3 Å². The van der Waals surface area contributed by atoms with Gasteiger partial charge in [-0.15, -0.1) is 0 Å². The highest BCUT2D eigenvalue weighted by Gasteiger charge is 2.20. The number of aldehydes is 1. The molecule has 0 saturated heterocycles. The molecular weight excluding hydrogens is 284 g/mol. The van der Waals surface area contributed by atoms with Crippen molar-refractivity contribution in [2.24, 2.45) is 0 Å². The summed E-state index contributed by atoms with van der Waals surface area (Å²) in [6.07, 6.45) is 0.744. The van der Waals surface area contributed by atoms with Crippen LogP contribution in [0.3, 0.4) is 0 Å². The quantitative estimate of drug-likeness (QED) is 0.859. The lowest BCUT2D eigenvalue weighted by Crippen LogP contribution is -2.20. The highest BCUT2D eigenvalue weighted by Crippen LogP contribution is 2.24. The lowest BCUT2D eigenvalue weighted by Gasteiger charge is -2.12. The molecule has 116 valence electrons. The molecule has 6 nitrogen and oxygen atoms in total. The number of carbonyl (C=O) groups is 2. The lowest BCUT2D eigenvalue weighted by atomic mass is 9.93. The first-order valence-electron chi connectivity index (χ1n) is 6.83. The predicted molar refractivity (Wildman–Crippen MR) is 81.2 cm³/mol. The fraction of sp³-hybridized carbons (Fsp3) is 0.312. The third-order valence-corrected chi connectivity index (χ3v) is 2.90. The zero-order chi connectivity index (χ0) is 16.2. The second-order valence-electron chi connectivity index (χ2n) is 5.85. The van der Waals surface area contributed by atoms with Crippen LogP contribution < -0.4 is 10.1 Å². The molecule has 2 rings (SSSR count). The number of carbonyl (C=O) groups excluding carboxylic acids is 2. The molecule has 0 atom stereocenters. The van der Waals surface area contributed by atoms with E-state index in [4.69, 9.17) is 9.26 Å². The maximum Gasteiger partial charge on any atom is 0.263 e. The number of aromatic nitrogens is 1. The number of benzene rings is 1. The molecule has 0 saturated carbocycles. The molecule has 0 spiro atoms. The van der Waals surface area contributed by atoms with Gasteiger partial charge in [0.25, 0.3) is 5.91 Å². The second kappa shape index (κ2) is 6.43. The van der Waals surface area contributed by atoms with Gasteiger partial charge in [-0.3, -0.25) is 9.59 Å². The van der Waals surface area contributed by atoms with Gasteiger partial charge in [-0.1, -0.05) is 25.9 Å². The molecule has 2 aromatic rings. The van der Waals surface area contributed by atoms with Gasteiger partial charge in [-0.05, 0) is 24.3 Å². The Morgan fingerprint density at radius 1 is 1.32 bits per heavy atom. The smallest absolute Gasteiger partial charge is 0.263 e. The number of rotatable bonds is 5. The number of nitrogens with zero attached hydrogens (tertiary/aromatic N) is 1. The Labute approximate surface area is 128 Å². The van der Waals surface area contributed by atoms with Crippen molar-refractivity contribution in [1.29, 1.82) is 0 Å². The van der Waals surface area contributed by atoms with E-state index in [0.717, 1.165) is 6.29 Å². The van der Waals surface area contributed by atoms with Crippen LogP contribution in [0, 0.1) is 0 Å². The Morgan fingerprint density at radius 3 is 2.55 bits per heavy atom. The monoisotopic (exact) mass is 302 g/mol. The summed E-state index contributed by atoms with van der Waals surface area (Å²) >= 11 is 0. The molecule has 6 heteroatoms. The van der Waals surface area contributed by atoms with Crippen molar-refractivity contribution in [2.45, 2.75) is 26.2 Å². The topological polar surface area (TPSA) is 81.4 Å². The van der Waals surface area contributed by atoms with Gasteiger partial charge in [-0.25, -0.2) is 0 Å². The standard InChI is InChI=1S/C16H18N2O4/c1-16(2,3)13-8-14(18-22-13)17-15(20)10-21-12-6-4-11(9-19)5-7-12/h4-9H,10H2,1-3H3,(H,17,18,20). The summed E-state index contributed by atoms with van der Waals surface area (Å²) in [5.41, 5.74) is 0.376. The first-order valence-corrected chi connectivity index (χ1v) is 6.83. The molecule has 0 bridgehead atoms. The summed E-state index contributed by atoms with van der Waals surface area (Å²) in [6, 6.07) is 8.19. The fourth-order valence-corrected chi connectivity index (χ4v) is 1.66. The Kier molecular flexibility index (Phi) is 4.60. The minimum absolute atomic E-state index is 0.155. The largest absolute Gasteiger partial charge is 0.484 e. The highest BCUT2D eigenvalue weighted by atomic mass is 16.5. The molecule has 22 heavy (non-hydrogen) atoms. The second-order valence-corrected chi connectivity index (χ2v) is 5.85. The van der Waals surface area contributed by atoms with E-state index in [2.05, 4.69) is 10.5 Å². The van der Waals surface area contributed by atoms with Crippen molar-refractivity contribution in [3.05, 3.63) is 41.7 Å². The van der Waals surface area contributed by atoms with E-state index < -0.39 is 0 Å². The Morgan fingerprint density at radius 2 is 2.00 bits per heavy atom. The first-order chi connectivity index (χ1) is 10.4. The Balaban J connectivity index is 1.87. The Hall–Kier alpha value is -2.63. The van der Waals surface area contributed by atoms with Crippen molar-refractivity contribution < 1.29 is 18.8 Å². The van der Waals surface area contributed by atoms with E-state index in [0.29, 0.717) is 22.9 Å². The molecule has 0 radical (unpaired) electrons. The summed E-state index contributed by atoms with van der Waals surface area (Å²) in [4.78, 5) is 22.3. The summed E-state index contributed by atoms with van der Waals surface area (Å²) in [7, 11) is 0. The molecule has 1 heterocycles. The molecule has 1 N–H and O–H groups in total. The summed E-state index contributed by atoms with van der Waals surface area (Å²) in [5.74, 6) is 1.22. The van der Waals surface area contributed by atoms with Crippen LogP contribution >= 0.6 is 0 Å². The van der Waals surface area contributed by atoms with E-state index in [9.17, 15) is 9.59 Å². The van der Waals surface area contributed by atoms with Gasteiger partial charge in [0.1, 0.15) is 17.8 Å². The molecule has 0 aliphatic carbocycles. The zero-order valence-corrected chi connectivity index (χ0v) is 12.8. The number of hydrogen-bond acceptors (Lipinski definition) is 5. The van der Waals surface area contributed by atoms with E-state index >= 15 is 0 Å². The third kappa shape index (κ3) is 4.18. The number of hydrogen-bond donors (Lipinski definition) is 1. The summed E-state index contributed by atoms with van der Waals surface area (Å²) in [6.45, 7) is 5.82. The average Bonchev–Trinajstić information content (AvgIpc) is 2.94. The van der Waals surface area contributed by atoms with Gasteiger partial charge < -0.3 is 14.6 Å². The molecular formula is C16H18N2O4. The highest BCUT2D eigenvalue weighted by molar-refractivity contribution is 5.90. The number of anilines is 1. The number of ether oxygens (including phenoxy) is 1. The number of nitrogens with one attached hydrogen (secondary N) is 1. The van der Waals surface area contributed by atoms with Crippen molar-refractivity contribution in [3.8, 4) is 5.75 Å². The average molecular weight is 302 g/mol. The molecule has 0 aliphatic rings. The van der Waals surface area contributed by atoms with Gasteiger partial charge in [0.2, 0.25) is 0 Å². The molecule has 1 aromatic heterocycles. The van der Waals surface area contributed by atoms with Crippen molar-refractivity contribution in [1.82, 2.24) is 5.16 Å². The SMILES string of the molecule is CC(C)(C)c1cc(NC(=O)COc2ccc(C=O)cc2)no1. The van der Waals surface area contributed by atoms with E-state index in [1.165, 1.54) is 0 Å². The maximum atomic E-state index is 11.8. The van der Waals surface area contributed by atoms with Crippen LogP contribution in [-0.2, 0) is 10.2 Å². The summed E-state index contributed by atoms with van der Waals surface area (Å²) < 4.78 is 10.5. The minimum atomic E-state index is -0.340.